The summed E-state index contributed by atoms with van der Waals surface area (Å²) >= 11 is 10.4. The second-order valence-electron chi connectivity index (χ2n) is 5.79. The van der Waals surface area contributed by atoms with Crippen molar-refractivity contribution in [1.82, 2.24) is 20.3 Å². The summed E-state index contributed by atoms with van der Waals surface area (Å²) in [5.41, 5.74) is 3.20. The average Bonchev–Trinajstić information content (AvgIpc) is 3.37. The minimum Gasteiger partial charge on any atom is -0.291 e. The first-order valence-corrected chi connectivity index (χ1v) is 10.1. The number of carbonyl (C=O) groups is 1. The Balaban J connectivity index is 1.87. The molecule has 0 saturated heterocycles. The van der Waals surface area contributed by atoms with Crippen LogP contribution in [-0.4, -0.2) is 54.2 Å². The van der Waals surface area contributed by atoms with Gasteiger partial charge in [-0.3, -0.25) is 20.2 Å². The van der Waals surface area contributed by atoms with Crippen LogP contribution < -0.4 is 10.3 Å². The molecule has 0 aromatic heterocycles. The zero-order valence-electron chi connectivity index (χ0n) is 13.9. The number of nitrogens with zero attached hydrogens (tertiary/aromatic N) is 2. The van der Waals surface area contributed by atoms with Gasteiger partial charge in [0.2, 0.25) is 10.0 Å². The van der Waals surface area contributed by atoms with Crippen LogP contribution in [0.1, 0.15) is 18.4 Å². The van der Waals surface area contributed by atoms with Gasteiger partial charge in [0.15, 0.2) is 0 Å². The maximum atomic E-state index is 12.1. The normalized spacial score (nSPS) is 13.8. The van der Waals surface area contributed by atoms with Gasteiger partial charge in [0.25, 0.3) is 5.91 Å². The Morgan fingerprint density at radius 2 is 1.76 bits per heavy atom. The highest BCUT2D eigenvalue weighted by molar-refractivity contribution is 7.90. The zero-order valence-corrected chi connectivity index (χ0v) is 16.4. The van der Waals surface area contributed by atoms with Crippen molar-refractivity contribution in [3.8, 4) is 0 Å². The Bertz CT molecular complexity index is 763. The molecule has 25 heavy (non-hydrogen) atoms. The van der Waals surface area contributed by atoms with Crippen LogP contribution in [0.5, 0.6) is 0 Å². The molecule has 1 aliphatic rings. The van der Waals surface area contributed by atoms with Crippen molar-refractivity contribution in [2.75, 3.05) is 19.8 Å². The third kappa shape index (κ3) is 5.99. The van der Waals surface area contributed by atoms with Crippen molar-refractivity contribution in [2.24, 2.45) is 5.92 Å². The van der Waals surface area contributed by atoms with E-state index < -0.39 is 21.7 Å². The highest BCUT2D eigenvalue weighted by Gasteiger charge is 2.30. The molecule has 2 rings (SSSR count). The lowest BCUT2D eigenvalue weighted by atomic mass is 10.2. The number of hydrogen-bond donors (Lipinski definition) is 2. The number of hydrogen-bond acceptors (Lipinski definition) is 5. The molecule has 1 aromatic carbocycles. The predicted molar refractivity (Wildman–Crippen MR) is 104 cm³/mol. The first-order chi connectivity index (χ1) is 11.7. The van der Waals surface area contributed by atoms with E-state index >= 15 is 0 Å². The van der Waals surface area contributed by atoms with Crippen molar-refractivity contribution in [2.45, 2.75) is 12.8 Å². The van der Waals surface area contributed by atoms with Gasteiger partial charge in [-0.1, -0.05) is 54.8 Å². The summed E-state index contributed by atoms with van der Waals surface area (Å²) in [7, 11) is -0.769. The topological polar surface area (TPSA) is 81.8 Å². The van der Waals surface area contributed by atoms with Crippen LogP contribution in [-0.2, 0) is 14.8 Å². The summed E-state index contributed by atoms with van der Waals surface area (Å²) in [6, 6.07) is 9.11. The summed E-state index contributed by atoms with van der Waals surface area (Å²) in [5, 5.41) is 2.61. The summed E-state index contributed by atoms with van der Waals surface area (Å²) in [6.07, 6.45) is 1.93. The number of hydrazine groups is 2. The molecule has 0 atom stereocenters. The molecule has 1 saturated carbocycles. The number of sulfonamides is 1. The molecule has 1 amide bonds. The van der Waals surface area contributed by atoms with Crippen molar-refractivity contribution >= 4 is 50.3 Å². The molecule has 10 heteroatoms. The van der Waals surface area contributed by atoms with E-state index in [4.69, 9.17) is 24.4 Å². The summed E-state index contributed by atoms with van der Waals surface area (Å²) in [4.78, 5) is 15.2. The second-order valence-corrected chi connectivity index (χ2v) is 8.29. The number of nitrogens with one attached hydrogen (secondary N) is 2. The van der Waals surface area contributed by atoms with Crippen LogP contribution in [0.4, 0.5) is 0 Å². The molecule has 1 fully saturated rings. The van der Waals surface area contributed by atoms with Crippen molar-refractivity contribution < 1.29 is 13.2 Å². The molecule has 2 N–H and O–H groups in total. The fraction of sp³-hybridized carbons (Fsp3) is 0.400. The molecule has 0 bridgehead atoms. The number of benzene rings is 1. The fourth-order valence-electron chi connectivity index (χ4n) is 2.11. The maximum absolute atomic E-state index is 12.1. The largest absolute Gasteiger partial charge is 0.291 e. The molecule has 0 spiro atoms. The lowest BCUT2D eigenvalue weighted by Crippen LogP contribution is -2.49. The molecule has 1 aromatic rings. The number of rotatable bonds is 6. The van der Waals surface area contributed by atoms with Crippen molar-refractivity contribution in [3.05, 3.63) is 35.9 Å². The lowest BCUT2D eigenvalue weighted by molar-refractivity contribution is -0.121. The van der Waals surface area contributed by atoms with Gasteiger partial charge >= 0.3 is 0 Å². The van der Waals surface area contributed by atoms with Crippen LogP contribution in [0.3, 0.4) is 0 Å². The van der Waals surface area contributed by atoms with E-state index in [0.717, 1.165) is 18.4 Å². The van der Waals surface area contributed by atoms with E-state index in [1.165, 1.54) is 17.1 Å². The fourth-order valence-corrected chi connectivity index (χ4v) is 3.62. The third-order valence-electron chi connectivity index (χ3n) is 3.47. The van der Waals surface area contributed by atoms with E-state index in [1.807, 2.05) is 18.2 Å². The maximum Gasteiger partial charge on any atom is 0.255 e. The molecular formula is C15H20N4O3S3. The van der Waals surface area contributed by atoms with E-state index in [1.54, 1.807) is 19.2 Å². The Hall–Kier alpha value is -1.62. The zero-order chi connectivity index (χ0) is 18.6. The molecule has 0 unspecified atom stereocenters. The van der Waals surface area contributed by atoms with Gasteiger partial charge < -0.3 is 0 Å². The van der Waals surface area contributed by atoms with E-state index in [2.05, 4.69) is 10.3 Å². The van der Waals surface area contributed by atoms with Gasteiger partial charge in [-0.15, -0.1) is 4.83 Å². The highest BCUT2D eigenvalue weighted by Crippen LogP contribution is 2.31. The highest BCUT2D eigenvalue weighted by atomic mass is 32.2. The monoisotopic (exact) mass is 400 g/mol. The second kappa shape index (κ2) is 8.17. The van der Waals surface area contributed by atoms with E-state index in [9.17, 15) is 13.2 Å². The molecule has 1 aliphatic carbocycles. The molecule has 0 heterocycles. The van der Waals surface area contributed by atoms with E-state index in [0.29, 0.717) is 9.98 Å². The molecule has 0 aliphatic heterocycles. The average molecular weight is 401 g/mol. The first-order valence-electron chi connectivity index (χ1n) is 7.60. The number of carbonyl (C=O) groups excluding carboxylic acids is 1. The van der Waals surface area contributed by atoms with Gasteiger partial charge in [-0.25, -0.2) is 8.42 Å². The van der Waals surface area contributed by atoms with Crippen molar-refractivity contribution in [1.29, 1.82) is 0 Å². The first kappa shape index (κ1) is 19.7. The molecular weight excluding hydrogens is 380 g/mol. The van der Waals surface area contributed by atoms with Crippen LogP contribution in [0.2, 0.25) is 0 Å². The van der Waals surface area contributed by atoms with Gasteiger partial charge in [0, 0.05) is 25.6 Å². The number of amides is 1. The van der Waals surface area contributed by atoms with Crippen LogP contribution >= 0.6 is 24.4 Å². The van der Waals surface area contributed by atoms with Crippen LogP contribution in [0.15, 0.2) is 30.3 Å². The van der Waals surface area contributed by atoms with Crippen LogP contribution in [0.25, 0.3) is 0 Å². The number of thiocarbonyl (C=S) groups is 2. The molecule has 136 valence electrons. The molecule has 7 nitrogen and oxygen atoms in total. The standard InChI is InChI=1S/C15H20N4O3S3/c1-18(14(23)11-6-4-3-5-7-11)16-13(20)10-25(21,22)17-19(2)15(24)12-8-9-12/h3-7,12,17H,8-10H2,1-2H3,(H,16,20). The predicted octanol–water partition coefficient (Wildman–Crippen LogP) is 0.829. The Morgan fingerprint density at radius 3 is 2.32 bits per heavy atom. The Kier molecular flexibility index (Phi) is 6.44. The Morgan fingerprint density at radius 1 is 1.16 bits per heavy atom. The minimum atomic E-state index is -3.86. The van der Waals surface area contributed by atoms with Gasteiger partial charge in [0.1, 0.15) is 10.7 Å². The quantitative estimate of drug-likeness (QED) is 0.541. The van der Waals surface area contributed by atoms with E-state index in [-0.39, 0.29) is 5.92 Å². The third-order valence-corrected chi connectivity index (χ3v) is 5.78. The minimum absolute atomic E-state index is 0.242. The van der Waals surface area contributed by atoms with Crippen LogP contribution in [0, 0.1) is 5.92 Å². The van der Waals surface area contributed by atoms with Crippen molar-refractivity contribution in [3.63, 3.8) is 0 Å². The summed E-state index contributed by atoms with van der Waals surface area (Å²) in [6.45, 7) is 0. The van der Waals surface area contributed by atoms with Gasteiger partial charge in [0.05, 0.1) is 4.99 Å². The Labute approximate surface area is 158 Å². The van der Waals surface area contributed by atoms with Gasteiger partial charge in [-0.2, -0.15) is 0 Å². The SMILES string of the molecule is CN(NC(=O)CS(=O)(=O)NN(C)C(=S)C1CC1)C(=S)c1ccccc1. The summed E-state index contributed by atoms with van der Waals surface area (Å²) < 4.78 is 24.2. The molecule has 0 radical (unpaired) electrons. The lowest BCUT2D eigenvalue weighted by Gasteiger charge is -2.23. The summed E-state index contributed by atoms with van der Waals surface area (Å²) in [5.74, 6) is -1.18. The smallest absolute Gasteiger partial charge is 0.255 e. The van der Waals surface area contributed by atoms with Gasteiger partial charge in [-0.05, 0) is 12.8 Å².